The number of benzene rings is 1. The van der Waals surface area contributed by atoms with Crippen LogP contribution in [0.5, 0.6) is 11.5 Å². The SMILES string of the molecule is OCC1OC(OCCCCc2ccc3c(c2)OC(OCC2OC(OCCCCC4CCCCC4)C(O)C(O)C2O)O3)C(O)C(O)C1O. The zero-order valence-corrected chi connectivity index (χ0v) is 26.8. The molecule has 14 heteroatoms. The maximum Gasteiger partial charge on any atom is 0.361 e. The Hall–Kier alpha value is -1.66. The normalized spacial score (nSPS) is 36.1. The monoisotopic (exact) mass is 672 g/mol. The lowest BCUT2D eigenvalue weighted by molar-refractivity contribution is -0.312. The third-order valence-corrected chi connectivity index (χ3v) is 9.52. The molecule has 7 N–H and O–H groups in total. The summed E-state index contributed by atoms with van der Waals surface area (Å²) in [6.45, 7) is -1.17. The fraction of sp³-hybridized carbons (Fsp3) is 0.818. The third-order valence-electron chi connectivity index (χ3n) is 9.52. The molecule has 3 aliphatic heterocycles. The first kappa shape index (κ1) is 36.6. The van der Waals surface area contributed by atoms with Crippen LogP contribution in [0.2, 0.25) is 0 Å². The Balaban J connectivity index is 0.993. The van der Waals surface area contributed by atoms with Crippen molar-refractivity contribution in [1.29, 1.82) is 0 Å². The molecule has 4 aliphatic rings. The Labute approximate surface area is 275 Å². The molecular formula is C33H52O14. The Morgan fingerprint density at radius 1 is 0.638 bits per heavy atom. The summed E-state index contributed by atoms with van der Waals surface area (Å²) < 4.78 is 39.6. The number of aliphatic hydroxyl groups excluding tert-OH is 7. The van der Waals surface area contributed by atoms with Gasteiger partial charge in [0.1, 0.15) is 48.8 Å². The second kappa shape index (κ2) is 17.8. The van der Waals surface area contributed by atoms with Gasteiger partial charge in [-0.25, -0.2) is 0 Å². The van der Waals surface area contributed by atoms with Gasteiger partial charge in [-0.2, -0.15) is 0 Å². The molecule has 1 aromatic carbocycles. The van der Waals surface area contributed by atoms with Gasteiger partial charge in [0, 0.05) is 13.2 Å². The molecule has 1 aliphatic carbocycles. The molecule has 47 heavy (non-hydrogen) atoms. The lowest BCUT2D eigenvalue weighted by atomic mass is 9.86. The van der Waals surface area contributed by atoms with Crippen LogP contribution in [-0.2, 0) is 30.1 Å². The van der Waals surface area contributed by atoms with Crippen LogP contribution < -0.4 is 9.47 Å². The molecule has 268 valence electrons. The van der Waals surface area contributed by atoms with E-state index in [2.05, 4.69) is 0 Å². The van der Waals surface area contributed by atoms with Crippen LogP contribution in [-0.4, -0.2) is 130 Å². The quantitative estimate of drug-likeness (QED) is 0.119. The highest BCUT2D eigenvalue weighted by molar-refractivity contribution is 5.44. The van der Waals surface area contributed by atoms with Crippen molar-refractivity contribution in [3.63, 3.8) is 0 Å². The zero-order chi connectivity index (χ0) is 33.3. The predicted octanol–water partition coefficient (Wildman–Crippen LogP) is 0.472. The summed E-state index contributed by atoms with van der Waals surface area (Å²) in [5.74, 6) is 1.76. The number of fused-ring (bicyclic) bond motifs is 1. The number of ether oxygens (including phenoxy) is 7. The summed E-state index contributed by atoms with van der Waals surface area (Å²) >= 11 is 0. The lowest BCUT2D eigenvalue weighted by Gasteiger charge is -2.40. The summed E-state index contributed by atoms with van der Waals surface area (Å²) in [7, 11) is 0. The maximum absolute atomic E-state index is 10.5. The van der Waals surface area contributed by atoms with E-state index in [1.54, 1.807) is 6.07 Å². The molecule has 0 aromatic heterocycles. The van der Waals surface area contributed by atoms with Gasteiger partial charge in [0.25, 0.3) is 0 Å². The molecule has 1 saturated carbocycles. The van der Waals surface area contributed by atoms with Gasteiger partial charge in [0.15, 0.2) is 24.1 Å². The fourth-order valence-electron chi connectivity index (χ4n) is 6.61. The molecule has 3 heterocycles. The predicted molar refractivity (Wildman–Crippen MR) is 163 cm³/mol. The molecule has 0 amide bonds. The van der Waals surface area contributed by atoms with Crippen molar-refractivity contribution in [3.05, 3.63) is 23.8 Å². The summed E-state index contributed by atoms with van der Waals surface area (Å²) in [6.07, 6.45) is -1.20. The van der Waals surface area contributed by atoms with Crippen LogP contribution in [0.4, 0.5) is 0 Å². The molecule has 3 fully saturated rings. The van der Waals surface area contributed by atoms with Crippen LogP contribution in [0.15, 0.2) is 18.2 Å². The van der Waals surface area contributed by atoms with Crippen molar-refractivity contribution in [2.75, 3.05) is 26.4 Å². The number of hydrogen-bond acceptors (Lipinski definition) is 14. The second-order valence-corrected chi connectivity index (χ2v) is 13.0. The standard InChI is InChI=1S/C33H52O14/c34-17-23-25(35)27(37)29(39)31(44-23)41-15-7-5-11-20-12-13-21-22(16-20)47-33(46-21)43-18-24-26(36)28(38)30(40)32(45-24)42-14-6-4-10-19-8-2-1-3-9-19/h12-13,16,19,23-40H,1-11,14-15,17-18H2. The van der Waals surface area contributed by atoms with Crippen molar-refractivity contribution in [2.45, 2.75) is 139 Å². The molecule has 5 rings (SSSR count). The van der Waals surface area contributed by atoms with Crippen LogP contribution in [0.1, 0.15) is 69.8 Å². The number of unbranched alkanes of at least 4 members (excludes halogenated alkanes) is 2. The first-order valence-electron chi connectivity index (χ1n) is 17.1. The molecule has 2 saturated heterocycles. The Kier molecular flexibility index (Phi) is 13.9. The first-order valence-corrected chi connectivity index (χ1v) is 17.1. The van der Waals surface area contributed by atoms with E-state index in [0.29, 0.717) is 30.9 Å². The summed E-state index contributed by atoms with van der Waals surface area (Å²) in [4.78, 5) is 0. The summed E-state index contributed by atoms with van der Waals surface area (Å²) in [5, 5.41) is 70.5. The number of hydrogen-bond donors (Lipinski definition) is 7. The van der Waals surface area contributed by atoms with E-state index in [1.165, 1.54) is 38.5 Å². The number of aryl methyl sites for hydroxylation is 1. The zero-order valence-electron chi connectivity index (χ0n) is 26.8. The van der Waals surface area contributed by atoms with E-state index < -0.39 is 74.5 Å². The molecule has 14 nitrogen and oxygen atoms in total. The number of rotatable bonds is 16. The maximum atomic E-state index is 10.5. The minimum Gasteiger partial charge on any atom is -0.428 e. The topological polar surface area (TPSA) is 206 Å². The molecule has 11 unspecified atom stereocenters. The Morgan fingerprint density at radius 2 is 1.26 bits per heavy atom. The van der Waals surface area contributed by atoms with Gasteiger partial charge in [-0.3, -0.25) is 0 Å². The smallest absolute Gasteiger partial charge is 0.361 e. The second-order valence-electron chi connectivity index (χ2n) is 13.0. The van der Waals surface area contributed by atoms with E-state index >= 15 is 0 Å². The van der Waals surface area contributed by atoms with E-state index in [9.17, 15) is 35.7 Å². The van der Waals surface area contributed by atoms with Gasteiger partial charge in [0.05, 0.1) is 13.2 Å². The Bertz CT molecular complexity index is 1070. The molecular weight excluding hydrogens is 620 g/mol. The van der Waals surface area contributed by atoms with Crippen LogP contribution in [0.25, 0.3) is 0 Å². The summed E-state index contributed by atoms with van der Waals surface area (Å²) in [6, 6.07) is 5.50. The molecule has 0 spiro atoms. The number of aliphatic hydroxyl groups is 7. The molecule has 0 radical (unpaired) electrons. The van der Waals surface area contributed by atoms with Crippen molar-refractivity contribution in [2.24, 2.45) is 5.92 Å². The van der Waals surface area contributed by atoms with Gasteiger partial charge in [-0.15, -0.1) is 0 Å². The summed E-state index contributed by atoms with van der Waals surface area (Å²) in [5.41, 5.74) is 0.975. The van der Waals surface area contributed by atoms with Gasteiger partial charge in [0.2, 0.25) is 0 Å². The average Bonchev–Trinajstić information content (AvgIpc) is 3.50. The van der Waals surface area contributed by atoms with Gasteiger partial charge in [-0.1, -0.05) is 51.0 Å². The van der Waals surface area contributed by atoms with Crippen molar-refractivity contribution < 1.29 is 68.9 Å². The highest BCUT2D eigenvalue weighted by Crippen LogP contribution is 2.36. The van der Waals surface area contributed by atoms with Crippen molar-refractivity contribution in [1.82, 2.24) is 0 Å². The Morgan fingerprint density at radius 3 is 1.94 bits per heavy atom. The van der Waals surface area contributed by atoms with Crippen LogP contribution in [0, 0.1) is 5.92 Å². The highest BCUT2D eigenvalue weighted by atomic mass is 16.9. The van der Waals surface area contributed by atoms with Gasteiger partial charge in [-0.05, 0) is 49.3 Å². The first-order chi connectivity index (χ1) is 22.7. The van der Waals surface area contributed by atoms with Gasteiger partial charge >= 0.3 is 6.48 Å². The molecule has 0 bridgehead atoms. The van der Waals surface area contributed by atoms with Crippen LogP contribution >= 0.6 is 0 Å². The molecule has 11 atom stereocenters. The average molecular weight is 673 g/mol. The minimum atomic E-state index is -1.48. The van der Waals surface area contributed by atoms with Gasteiger partial charge < -0.3 is 68.9 Å². The fourth-order valence-corrected chi connectivity index (χ4v) is 6.61. The highest BCUT2D eigenvalue weighted by Gasteiger charge is 2.45. The van der Waals surface area contributed by atoms with E-state index in [-0.39, 0.29) is 13.2 Å². The third kappa shape index (κ3) is 9.74. The van der Waals surface area contributed by atoms with E-state index in [0.717, 1.165) is 30.7 Å². The van der Waals surface area contributed by atoms with E-state index in [1.807, 2.05) is 12.1 Å². The van der Waals surface area contributed by atoms with Crippen molar-refractivity contribution in [3.8, 4) is 11.5 Å². The van der Waals surface area contributed by atoms with E-state index in [4.69, 9.17) is 33.2 Å². The van der Waals surface area contributed by atoms with Crippen molar-refractivity contribution >= 4 is 0 Å². The largest absolute Gasteiger partial charge is 0.428 e. The minimum absolute atomic E-state index is 0.174. The van der Waals surface area contributed by atoms with Crippen LogP contribution in [0.3, 0.4) is 0 Å². The lowest BCUT2D eigenvalue weighted by Crippen LogP contribution is -2.59. The molecule has 1 aromatic rings.